The molecule has 1 heterocycles. The standard InChI is InChI=1S/C5H7IN2/c6-2-1-5-3-7-8-4-5/h3-4H,1-2H2,(H,7,8). The average Bonchev–Trinajstić information content (AvgIpc) is 2.19. The van der Waals surface area contributed by atoms with Crippen molar-refractivity contribution in [2.75, 3.05) is 4.43 Å². The summed E-state index contributed by atoms with van der Waals surface area (Å²) in [5, 5.41) is 6.57. The molecule has 0 aliphatic heterocycles. The molecule has 44 valence electrons. The Kier molecular flexibility index (Phi) is 2.32. The van der Waals surface area contributed by atoms with Gasteiger partial charge >= 0.3 is 0 Å². The van der Waals surface area contributed by atoms with Crippen molar-refractivity contribution in [1.29, 1.82) is 0 Å². The van der Waals surface area contributed by atoms with E-state index in [2.05, 4.69) is 32.8 Å². The normalized spacial score (nSPS) is 9.62. The highest BCUT2D eigenvalue weighted by molar-refractivity contribution is 14.1. The minimum absolute atomic E-state index is 1.12. The Morgan fingerprint density at radius 2 is 2.62 bits per heavy atom. The average molecular weight is 222 g/mol. The predicted molar refractivity (Wildman–Crippen MR) is 41.2 cm³/mol. The lowest BCUT2D eigenvalue weighted by Crippen LogP contribution is -1.78. The highest BCUT2D eigenvalue weighted by Crippen LogP contribution is 1.96. The smallest absolute Gasteiger partial charge is 0.0519 e. The number of aromatic nitrogens is 2. The first kappa shape index (κ1) is 6.07. The lowest BCUT2D eigenvalue weighted by atomic mass is 10.3. The molecule has 0 saturated heterocycles. The van der Waals surface area contributed by atoms with E-state index in [1.54, 1.807) is 0 Å². The minimum Gasteiger partial charge on any atom is -0.285 e. The third-order valence-electron chi connectivity index (χ3n) is 0.938. The van der Waals surface area contributed by atoms with Crippen LogP contribution in [0.3, 0.4) is 0 Å². The summed E-state index contributed by atoms with van der Waals surface area (Å²) in [4.78, 5) is 0. The zero-order valence-electron chi connectivity index (χ0n) is 4.39. The van der Waals surface area contributed by atoms with Crippen LogP contribution in [0.5, 0.6) is 0 Å². The number of rotatable bonds is 2. The monoisotopic (exact) mass is 222 g/mol. The Hall–Kier alpha value is -0.0600. The molecule has 0 fully saturated rings. The molecule has 3 heteroatoms. The minimum atomic E-state index is 1.12. The van der Waals surface area contributed by atoms with Gasteiger partial charge in [0.25, 0.3) is 0 Å². The van der Waals surface area contributed by atoms with Crippen molar-refractivity contribution in [1.82, 2.24) is 10.2 Å². The van der Waals surface area contributed by atoms with E-state index in [1.165, 1.54) is 5.56 Å². The van der Waals surface area contributed by atoms with E-state index in [1.807, 2.05) is 12.4 Å². The van der Waals surface area contributed by atoms with Crippen LogP contribution in [0.4, 0.5) is 0 Å². The number of hydrogen-bond donors (Lipinski definition) is 1. The molecule has 0 unspecified atom stereocenters. The second kappa shape index (κ2) is 3.06. The fourth-order valence-electron chi connectivity index (χ4n) is 0.523. The highest BCUT2D eigenvalue weighted by Gasteiger charge is 1.88. The number of hydrogen-bond acceptors (Lipinski definition) is 1. The van der Waals surface area contributed by atoms with Crippen LogP contribution in [0, 0.1) is 0 Å². The SMILES string of the molecule is ICCc1cn[nH]c1. The quantitative estimate of drug-likeness (QED) is 0.594. The van der Waals surface area contributed by atoms with Crippen LogP contribution < -0.4 is 0 Å². The van der Waals surface area contributed by atoms with E-state index in [0.717, 1.165) is 10.8 Å². The molecule has 2 nitrogen and oxygen atoms in total. The van der Waals surface area contributed by atoms with Crippen molar-refractivity contribution in [2.24, 2.45) is 0 Å². The zero-order valence-corrected chi connectivity index (χ0v) is 6.55. The van der Waals surface area contributed by atoms with Crippen LogP contribution in [0.1, 0.15) is 5.56 Å². The maximum atomic E-state index is 3.81. The molecule has 0 radical (unpaired) electrons. The summed E-state index contributed by atoms with van der Waals surface area (Å²) in [6, 6.07) is 0. The van der Waals surface area contributed by atoms with Crippen molar-refractivity contribution in [2.45, 2.75) is 6.42 Å². The van der Waals surface area contributed by atoms with Gasteiger partial charge < -0.3 is 0 Å². The number of nitrogens with zero attached hydrogens (tertiary/aromatic N) is 1. The van der Waals surface area contributed by atoms with Crippen LogP contribution in [0.25, 0.3) is 0 Å². The second-order valence-electron chi connectivity index (χ2n) is 1.55. The summed E-state index contributed by atoms with van der Waals surface area (Å²) in [6.07, 6.45) is 4.91. The van der Waals surface area contributed by atoms with E-state index in [9.17, 15) is 0 Å². The summed E-state index contributed by atoms with van der Waals surface area (Å²) < 4.78 is 1.16. The fraction of sp³-hybridized carbons (Fsp3) is 0.400. The summed E-state index contributed by atoms with van der Waals surface area (Å²) in [7, 11) is 0. The fourth-order valence-corrected chi connectivity index (χ4v) is 1.15. The van der Waals surface area contributed by atoms with Gasteiger partial charge in [0.05, 0.1) is 6.20 Å². The molecule has 0 aromatic carbocycles. The van der Waals surface area contributed by atoms with E-state index < -0.39 is 0 Å². The topological polar surface area (TPSA) is 28.7 Å². The molecule has 8 heavy (non-hydrogen) atoms. The molecule has 0 aliphatic rings. The molecule has 0 bridgehead atoms. The highest BCUT2D eigenvalue weighted by atomic mass is 127. The molecule has 0 spiro atoms. The predicted octanol–water partition coefficient (Wildman–Crippen LogP) is 1.39. The third-order valence-corrected chi connectivity index (χ3v) is 1.48. The molecule has 0 saturated carbocycles. The molecule has 1 aromatic heterocycles. The molecular weight excluding hydrogens is 215 g/mol. The third kappa shape index (κ3) is 1.47. The maximum Gasteiger partial charge on any atom is 0.0519 e. The molecule has 0 atom stereocenters. The van der Waals surface area contributed by atoms with Gasteiger partial charge in [0, 0.05) is 10.6 Å². The van der Waals surface area contributed by atoms with Gasteiger partial charge in [-0.25, -0.2) is 0 Å². The van der Waals surface area contributed by atoms with Crippen LogP contribution in [0.15, 0.2) is 12.4 Å². The second-order valence-corrected chi connectivity index (χ2v) is 2.62. The Labute approximate surface area is 61.8 Å². The lowest BCUT2D eigenvalue weighted by Gasteiger charge is -1.83. The summed E-state index contributed by atoms with van der Waals surface area (Å²) in [5.41, 5.74) is 1.29. The number of nitrogens with one attached hydrogen (secondary N) is 1. The van der Waals surface area contributed by atoms with Gasteiger partial charge in [0.2, 0.25) is 0 Å². The number of halogens is 1. The van der Waals surface area contributed by atoms with Gasteiger partial charge in [0.15, 0.2) is 0 Å². The Balaban J connectivity index is 2.50. The Morgan fingerprint density at radius 1 is 1.75 bits per heavy atom. The van der Waals surface area contributed by atoms with E-state index in [4.69, 9.17) is 0 Å². The van der Waals surface area contributed by atoms with Gasteiger partial charge in [-0.15, -0.1) is 0 Å². The van der Waals surface area contributed by atoms with Crippen LogP contribution >= 0.6 is 22.6 Å². The summed E-state index contributed by atoms with van der Waals surface area (Å²) in [6.45, 7) is 0. The summed E-state index contributed by atoms with van der Waals surface area (Å²) >= 11 is 2.35. The maximum absolute atomic E-state index is 3.81. The zero-order chi connectivity index (χ0) is 5.82. The summed E-state index contributed by atoms with van der Waals surface area (Å²) in [5.74, 6) is 0. The van der Waals surface area contributed by atoms with Gasteiger partial charge in [-0.05, 0) is 12.0 Å². The van der Waals surface area contributed by atoms with Crippen LogP contribution in [-0.4, -0.2) is 14.6 Å². The van der Waals surface area contributed by atoms with E-state index in [-0.39, 0.29) is 0 Å². The Morgan fingerprint density at radius 3 is 3.12 bits per heavy atom. The number of alkyl halides is 1. The molecule has 1 aromatic rings. The van der Waals surface area contributed by atoms with Gasteiger partial charge in [-0.1, -0.05) is 22.6 Å². The molecule has 1 rings (SSSR count). The first-order chi connectivity index (χ1) is 3.93. The van der Waals surface area contributed by atoms with E-state index in [0.29, 0.717) is 0 Å². The Bertz CT molecular complexity index is 136. The molecular formula is C5H7IN2. The van der Waals surface area contributed by atoms with Crippen molar-refractivity contribution in [3.05, 3.63) is 18.0 Å². The molecule has 0 aliphatic carbocycles. The van der Waals surface area contributed by atoms with E-state index >= 15 is 0 Å². The molecule has 0 amide bonds. The van der Waals surface area contributed by atoms with Gasteiger partial charge in [-0.2, -0.15) is 5.10 Å². The number of aryl methyl sites for hydroxylation is 1. The first-order valence-corrected chi connectivity index (χ1v) is 3.99. The number of H-pyrrole nitrogens is 1. The first-order valence-electron chi connectivity index (χ1n) is 2.47. The largest absolute Gasteiger partial charge is 0.285 e. The van der Waals surface area contributed by atoms with Crippen molar-refractivity contribution >= 4 is 22.6 Å². The van der Waals surface area contributed by atoms with Gasteiger partial charge in [0.1, 0.15) is 0 Å². The number of aromatic amines is 1. The van der Waals surface area contributed by atoms with Gasteiger partial charge in [-0.3, -0.25) is 5.10 Å². The van der Waals surface area contributed by atoms with Crippen molar-refractivity contribution < 1.29 is 0 Å². The lowest BCUT2D eigenvalue weighted by molar-refractivity contribution is 1.09. The molecule has 1 N–H and O–H groups in total. The van der Waals surface area contributed by atoms with Crippen LogP contribution in [0.2, 0.25) is 0 Å². The van der Waals surface area contributed by atoms with Crippen molar-refractivity contribution in [3.63, 3.8) is 0 Å². The van der Waals surface area contributed by atoms with Crippen molar-refractivity contribution in [3.8, 4) is 0 Å². The van der Waals surface area contributed by atoms with Crippen LogP contribution in [-0.2, 0) is 6.42 Å².